The molecule has 198 valence electrons. The van der Waals surface area contributed by atoms with Gasteiger partial charge in [-0.05, 0) is 79.2 Å². The molecule has 3 aromatic rings. The first-order valence-electron chi connectivity index (χ1n) is 13.4. The molecule has 0 radical (unpaired) electrons. The maximum atomic E-state index is 12.2. The number of rotatable bonds is 10. The molecule has 6 nitrogen and oxygen atoms in total. The van der Waals surface area contributed by atoms with Crippen LogP contribution in [0.15, 0.2) is 36.4 Å². The van der Waals surface area contributed by atoms with Gasteiger partial charge in [-0.3, -0.25) is 4.98 Å². The highest BCUT2D eigenvalue weighted by molar-refractivity contribution is 5.76. The van der Waals surface area contributed by atoms with Crippen molar-refractivity contribution in [1.29, 1.82) is 0 Å². The first-order valence-corrected chi connectivity index (χ1v) is 13.4. The summed E-state index contributed by atoms with van der Waals surface area (Å²) in [5, 5.41) is 4.72. The van der Waals surface area contributed by atoms with Gasteiger partial charge in [0.2, 0.25) is 5.88 Å². The number of methoxy groups -OCH3 is 1. The van der Waals surface area contributed by atoms with Gasteiger partial charge in [0, 0.05) is 37.3 Å². The van der Waals surface area contributed by atoms with Crippen LogP contribution in [0.1, 0.15) is 86.6 Å². The summed E-state index contributed by atoms with van der Waals surface area (Å²) in [6.07, 6.45) is 6.55. The van der Waals surface area contributed by atoms with E-state index in [1.165, 1.54) is 29.7 Å². The molecule has 0 N–H and O–H groups in total. The lowest BCUT2D eigenvalue weighted by atomic mass is 9.82. The second-order valence-electron chi connectivity index (χ2n) is 11.3. The molecule has 2 heterocycles. The van der Waals surface area contributed by atoms with Crippen LogP contribution in [0.2, 0.25) is 0 Å². The minimum absolute atomic E-state index is 0.000706. The van der Waals surface area contributed by atoms with Gasteiger partial charge in [0.05, 0.1) is 19.4 Å². The van der Waals surface area contributed by atoms with E-state index in [-0.39, 0.29) is 17.1 Å². The van der Waals surface area contributed by atoms with Crippen LogP contribution in [0.4, 0.5) is 0 Å². The second kappa shape index (κ2) is 11.5. The average molecular weight is 504 g/mol. The SMILES string of the molecule is COc1ccc(C(C)(C)C)cc1C(CC(C)=O)Cc1cc(OCCc2ccc3c(n2)CCCC3)n(C)n1. The van der Waals surface area contributed by atoms with Gasteiger partial charge < -0.3 is 14.3 Å². The normalized spacial score (nSPS) is 14.2. The van der Waals surface area contributed by atoms with Gasteiger partial charge in [0.15, 0.2) is 0 Å². The number of carbonyl (C=O) groups is 1. The fourth-order valence-electron chi connectivity index (χ4n) is 5.18. The molecule has 0 saturated carbocycles. The molecule has 1 aliphatic carbocycles. The van der Waals surface area contributed by atoms with Crippen LogP contribution in [0.5, 0.6) is 11.6 Å². The van der Waals surface area contributed by atoms with Crippen molar-refractivity contribution in [3.63, 3.8) is 0 Å². The number of nitrogens with zero attached hydrogens (tertiary/aromatic N) is 3. The Morgan fingerprint density at radius 1 is 1.08 bits per heavy atom. The van der Waals surface area contributed by atoms with Gasteiger partial charge >= 0.3 is 0 Å². The highest BCUT2D eigenvalue weighted by Gasteiger charge is 2.24. The number of fused-ring (bicyclic) bond motifs is 1. The minimum Gasteiger partial charge on any atom is -0.496 e. The largest absolute Gasteiger partial charge is 0.496 e. The van der Waals surface area contributed by atoms with E-state index in [9.17, 15) is 4.79 Å². The summed E-state index contributed by atoms with van der Waals surface area (Å²) in [5.41, 5.74) is 6.91. The van der Waals surface area contributed by atoms with Crippen molar-refractivity contribution in [3.8, 4) is 11.6 Å². The third-order valence-electron chi connectivity index (χ3n) is 7.26. The maximum Gasteiger partial charge on any atom is 0.211 e. The van der Waals surface area contributed by atoms with E-state index in [0.29, 0.717) is 19.4 Å². The van der Waals surface area contributed by atoms with Crippen molar-refractivity contribution in [2.24, 2.45) is 7.05 Å². The molecule has 0 saturated heterocycles. The highest BCUT2D eigenvalue weighted by atomic mass is 16.5. The standard InChI is InChI=1S/C31H41N3O3/c1-21(35)17-23(27-19-24(31(2,3)4)12-14-29(27)36-6)18-26-20-30(34(5)33-26)37-16-15-25-13-11-22-9-7-8-10-28(22)32-25/h11-14,19-20,23H,7-10,15-18H2,1-6H3. The molecular formula is C31H41N3O3. The Morgan fingerprint density at radius 3 is 2.59 bits per heavy atom. The Hall–Kier alpha value is -3.15. The van der Waals surface area contributed by atoms with Gasteiger partial charge in [-0.2, -0.15) is 5.10 Å². The summed E-state index contributed by atoms with van der Waals surface area (Å²) in [6, 6.07) is 12.7. The topological polar surface area (TPSA) is 66.2 Å². The smallest absolute Gasteiger partial charge is 0.211 e. The van der Waals surface area contributed by atoms with Crippen molar-refractivity contribution < 1.29 is 14.3 Å². The van der Waals surface area contributed by atoms with E-state index in [0.717, 1.165) is 47.8 Å². The van der Waals surface area contributed by atoms with Crippen LogP contribution in [0, 0.1) is 0 Å². The number of ether oxygens (including phenoxy) is 2. The predicted octanol–water partition coefficient (Wildman–Crippen LogP) is 5.93. The summed E-state index contributed by atoms with van der Waals surface area (Å²) >= 11 is 0. The molecule has 0 bridgehead atoms. The fourth-order valence-corrected chi connectivity index (χ4v) is 5.18. The van der Waals surface area contributed by atoms with Crippen molar-refractivity contribution in [1.82, 2.24) is 14.8 Å². The van der Waals surface area contributed by atoms with E-state index < -0.39 is 0 Å². The third kappa shape index (κ3) is 6.79. The molecule has 0 spiro atoms. The van der Waals surface area contributed by atoms with Crippen LogP contribution >= 0.6 is 0 Å². The van der Waals surface area contributed by atoms with Crippen molar-refractivity contribution in [2.75, 3.05) is 13.7 Å². The molecule has 1 aliphatic rings. The van der Waals surface area contributed by atoms with E-state index in [1.807, 2.05) is 19.2 Å². The Balaban J connectivity index is 1.47. The maximum absolute atomic E-state index is 12.2. The highest BCUT2D eigenvalue weighted by Crippen LogP contribution is 2.36. The number of carbonyl (C=O) groups excluding carboxylic acids is 1. The van der Waals surface area contributed by atoms with Crippen molar-refractivity contribution >= 4 is 5.78 Å². The van der Waals surface area contributed by atoms with Crippen LogP contribution in [0.3, 0.4) is 0 Å². The zero-order valence-corrected chi connectivity index (χ0v) is 23.3. The number of pyridine rings is 1. The Morgan fingerprint density at radius 2 is 1.86 bits per heavy atom. The van der Waals surface area contributed by atoms with Gasteiger partial charge in [-0.1, -0.05) is 39.0 Å². The van der Waals surface area contributed by atoms with Gasteiger partial charge in [0.1, 0.15) is 11.5 Å². The number of Topliss-reactive ketones (excluding diaryl/α,β-unsaturated/α-hetero) is 1. The molecular weight excluding hydrogens is 462 g/mol. The van der Waals surface area contributed by atoms with Crippen LogP contribution in [-0.4, -0.2) is 34.3 Å². The Labute approximate surface area is 221 Å². The Kier molecular flexibility index (Phi) is 8.35. The molecule has 0 fully saturated rings. The first-order chi connectivity index (χ1) is 17.6. The lowest BCUT2D eigenvalue weighted by Crippen LogP contribution is -2.14. The zero-order valence-electron chi connectivity index (χ0n) is 23.3. The van der Waals surface area contributed by atoms with E-state index in [1.54, 1.807) is 18.7 Å². The van der Waals surface area contributed by atoms with Gasteiger partial charge in [0.25, 0.3) is 0 Å². The molecule has 0 amide bonds. The summed E-state index contributed by atoms with van der Waals surface area (Å²) in [5.74, 6) is 1.66. The summed E-state index contributed by atoms with van der Waals surface area (Å²) < 4.78 is 13.6. The molecule has 1 aromatic carbocycles. The summed E-state index contributed by atoms with van der Waals surface area (Å²) in [4.78, 5) is 17.1. The molecule has 0 aliphatic heterocycles. The summed E-state index contributed by atoms with van der Waals surface area (Å²) in [6.45, 7) is 8.78. The van der Waals surface area contributed by atoms with Crippen LogP contribution in [0.25, 0.3) is 0 Å². The van der Waals surface area contributed by atoms with Crippen LogP contribution < -0.4 is 9.47 Å². The van der Waals surface area contributed by atoms with E-state index in [4.69, 9.17) is 19.6 Å². The first kappa shape index (κ1) is 26.9. The third-order valence-corrected chi connectivity index (χ3v) is 7.26. The number of aromatic nitrogens is 3. The van der Waals surface area contributed by atoms with E-state index >= 15 is 0 Å². The lowest BCUT2D eigenvalue weighted by molar-refractivity contribution is -0.117. The van der Waals surface area contributed by atoms with Gasteiger partial charge in [-0.15, -0.1) is 0 Å². The second-order valence-corrected chi connectivity index (χ2v) is 11.3. The molecule has 1 unspecified atom stereocenters. The number of ketones is 1. The Bertz CT molecular complexity index is 1240. The molecule has 37 heavy (non-hydrogen) atoms. The summed E-state index contributed by atoms with van der Waals surface area (Å²) in [7, 11) is 3.58. The number of hydrogen-bond donors (Lipinski definition) is 0. The molecule has 2 aromatic heterocycles. The van der Waals surface area contributed by atoms with Crippen LogP contribution in [-0.2, 0) is 42.9 Å². The minimum atomic E-state index is -0.0304. The molecule has 6 heteroatoms. The zero-order chi connectivity index (χ0) is 26.6. The molecule has 1 atom stereocenters. The number of aryl methyl sites for hydroxylation is 3. The average Bonchev–Trinajstić information content (AvgIpc) is 3.21. The van der Waals surface area contributed by atoms with Crippen molar-refractivity contribution in [3.05, 3.63) is 70.2 Å². The quantitative estimate of drug-likeness (QED) is 0.343. The number of hydrogen-bond acceptors (Lipinski definition) is 5. The predicted molar refractivity (Wildman–Crippen MR) is 147 cm³/mol. The molecule has 4 rings (SSSR count). The van der Waals surface area contributed by atoms with Gasteiger partial charge in [-0.25, -0.2) is 4.68 Å². The monoisotopic (exact) mass is 503 g/mol. The number of benzene rings is 1. The fraction of sp³-hybridized carbons (Fsp3) is 0.516. The lowest BCUT2D eigenvalue weighted by Gasteiger charge is -2.24. The van der Waals surface area contributed by atoms with E-state index in [2.05, 4.69) is 45.0 Å². The van der Waals surface area contributed by atoms with Crippen molar-refractivity contribution in [2.45, 2.75) is 84.0 Å².